The molecule has 0 atom stereocenters. The van der Waals surface area contributed by atoms with Crippen LogP contribution in [0.25, 0.3) is 0 Å². The van der Waals surface area contributed by atoms with Crippen LogP contribution in [0.1, 0.15) is 5.56 Å². The van der Waals surface area contributed by atoms with Gasteiger partial charge in [-0.05, 0) is 28.1 Å². The molecule has 0 amide bonds. The predicted molar refractivity (Wildman–Crippen MR) is 65.9 cm³/mol. The topological polar surface area (TPSA) is 45.1 Å². The molecule has 0 fully saturated rings. The van der Waals surface area contributed by atoms with E-state index in [0.29, 0.717) is 10.2 Å². The molecule has 2 N–H and O–H groups in total. The van der Waals surface area contributed by atoms with Crippen molar-refractivity contribution in [1.82, 2.24) is 5.32 Å². The smallest absolute Gasteiger partial charge is 0.119 e. The Balaban J connectivity index is 2.96. The molecule has 1 aromatic rings. The Morgan fingerprint density at radius 1 is 1.53 bits per heavy atom. The van der Waals surface area contributed by atoms with E-state index >= 15 is 0 Å². The third kappa shape index (κ3) is 3.09. The molecule has 15 heavy (non-hydrogen) atoms. The summed E-state index contributed by atoms with van der Waals surface area (Å²) in [5.74, 6) is 0.752. The first-order valence-electron chi connectivity index (χ1n) is 4.45. The molecular weight excluding hydrogens is 256 g/mol. The van der Waals surface area contributed by atoms with Crippen LogP contribution >= 0.6 is 15.9 Å². The van der Waals surface area contributed by atoms with Gasteiger partial charge in [0.1, 0.15) is 5.75 Å². The van der Waals surface area contributed by atoms with Crippen molar-refractivity contribution in [3.63, 3.8) is 0 Å². The van der Waals surface area contributed by atoms with Crippen LogP contribution in [0.4, 0.5) is 0 Å². The predicted octanol–water partition coefficient (Wildman–Crippen LogP) is 2.52. The maximum atomic E-state index is 7.90. The minimum Gasteiger partial charge on any atom is -0.497 e. The van der Waals surface area contributed by atoms with Gasteiger partial charge in [0, 0.05) is 18.8 Å². The van der Waals surface area contributed by atoms with E-state index in [4.69, 9.17) is 10.1 Å². The monoisotopic (exact) mass is 268 g/mol. The van der Waals surface area contributed by atoms with Crippen LogP contribution in [0.2, 0.25) is 0 Å². The fourth-order valence-corrected chi connectivity index (χ4v) is 1.57. The molecule has 3 nitrogen and oxygen atoms in total. The Morgan fingerprint density at radius 3 is 2.87 bits per heavy atom. The normalized spacial score (nSPS) is 11.0. The number of nitrogens with one attached hydrogen (secondary N) is 2. The molecule has 1 rings (SSSR count). The molecule has 0 aliphatic rings. The van der Waals surface area contributed by atoms with Crippen LogP contribution < -0.4 is 10.1 Å². The number of ether oxygens (including phenoxy) is 1. The van der Waals surface area contributed by atoms with Gasteiger partial charge in [0.2, 0.25) is 0 Å². The molecular formula is C11H13BrN2O. The number of allylic oxidation sites excluding steroid dienone is 1. The summed E-state index contributed by atoms with van der Waals surface area (Å²) >= 11 is 3.32. The standard InChI is InChI=1S/C11H13BrN2O/c1-14-7-10(12)11(13)8-4-3-5-9(6-8)15-2/h3-7,13-14H,1-2H3/b10-7+,13-11?. The van der Waals surface area contributed by atoms with Crippen LogP contribution in [-0.2, 0) is 0 Å². The SMILES string of the molecule is CN/C=C(/Br)C(=N)c1cccc(OC)c1. The zero-order valence-electron chi connectivity index (χ0n) is 8.67. The van der Waals surface area contributed by atoms with E-state index < -0.39 is 0 Å². The minimum absolute atomic E-state index is 0.420. The molecule has 0 spiro atoms. The number of benzene rings is 1. The van der Waals surface area contributed by atoms with Crippen molar-refractivity contribution in [2.45, 2.75) is 0 Å². The van der Waals surface area contributed by atoms with Crippen LogP contribution in [0.15, 0.2) is 34.9 Å². The summed E-state index contributed by atoms with van der Waals surface area (Å²) in [7, 11) is 3.40. The molecule has 1 aromatic carbocycles. The molecule has 0 bridgehead atoms. The van der Waals surface area contributed by atoms with Crippen molar-refractivity contribution in [1.29, 1.82) is 5.41 Å². The maximum absolute atomic E-state index is 7.90. The first-order valence-corrected chi connectivity index (χ1v) is 5.24. The Morgan fingerprint density at radius 2 is 2.27 bits per heavy atom. The average molecular weight is 269 g/mol. The average Bonchev–Trinajstić information content (AvgIpc) is 2.28. The highest BCUT2D eigenvalue weighted by Crippen LogP contribution is 2.18. The fourth-order valence-electron chi connectivity index (χ4n) is 1.12. The summed E-state index contributed by atoms with van der Waals surface area (Å²) in [6.07, 6.45) is 1.72. The number of halogens is 1. The lowest BCUT2D eigenvalue weighted by molar-refractivity contribution is 0.414. The van der Waals surface area contributed by atoms with Gasteiger partial charge < -0.3 is 10.1 Å². The van der Waals surface area contributed by atoms with E-state index in [0.717, 1.165) is 11.3 Å². The van der Waals surface area contributed by atoms with Gasteiger partial charge in [-0.15, -0.1) is 0 Å². The number of rotatable bonds is 4. The van der Waals surface area contributed by atoms with Gasteiger partial charge in [-0.1, -0.05) is 12.1 Å². The second-order valence-electron chi connectivity index (χ2n) is 2.89. The Bertz CT molecular complexity index is 388. The summed E-state index contributed by atoms with van der Waals surface area (Å²) in [4.78, 5) is 0. The van der Waals surface area contributed by atoms with Crippen molar-refractivity contribution < 1.29 is 4.74 Å². The Labute approximate surface area is 97.8 Å². The molecule has 4 heteroatoms. The van der Waals surface area contributed by atoms with E-state index in [1.54, 1.807) is 20.4 Å². The van der Waals surface area contributed by atoms with Gasteiger partial charge in [-0.25, -0.2) is 0 Å². The highest BCUT2D eigenvalue weighted by atomic mass is 79.9. The maximum Gasteiger partial charge on any atom is 0.119 e. The van der Waals surface area contributed by atoms with Gasteiger partial charge in [0.05, 0.1) is 17.3 Å². The fraction of sp³-hybridized carbons (Fsp3) is 0.182. The quantitative estimate of drug-likeness (QED) is 0.825. The lowest BCUT2D eigenvalue weighted by Gasteiger charge is -2.05. The molecule has 0 aliphatic heterocycles. The summed E-state index contributed by atoms with van der Waals surface area (Å²) in [5.41, 5.74) is 1.23. The van der Waals surface area contributed by atoms with Gasteiger partial charge in [0.25, 0.3) is 0 Å². The van der Waals surface area contributed by atoms with Gasteiger partial charge >= 0.3 is 0 Å². The molecule has 0 radical (unpaired) electrons. The van der Waals surface area contributed by atoms with E-state index in [2.05, 4.69) is 21.2 Å². The highest BCUT2D eigenvalue weighted by molar-refractivity contribution is 9.12. The summed E-state index contributed by atoms with van der Waals surface area (Å²) in [6.45, 7) is 0. The van der Waals surface area contributed by atoms with Gasteiger partial charge in [-0.2, -0.15) is 0 Å². The molecule has 0 aromatic heterocycles. The van der Waals surface area contributed by atoms with E-state index in [1.165, 1.54) is 0 Å². The zero-order valence-corrected chi connectivity index (χ0v) is 10.3. The summed E-state index contributed by atoms with van der Waals surface area (Å²) in [6, 6.07) is 7.41. The van der Waals surface area contributed by atoms with Crippen molar-refractivity contribution in [3.05, 3.63) is 40.5 Å². The van der Waals surface area contributed by atoms with Crippen molar-refractivity contribution >= 4 is 21.6 Å². The zero-order chi connectivity index (χ0) is 11.3. The first kappa shape index (κ1) is 11.8. The van der Waals surface area contributed by atoms with Crippen LogP contribution in [-0.4, -0.2) is 19.9 Å². The van der Waals surface area contributed by atoms with Crippen LogP contribution in [0.3, 0.4) is 0 Å². The van der Waals surface area contributed by atoms with Gasteiger partial charge in [0.15, 0.2) is 0 Å². The van der Waals surface area contributed by atoms with Crippen molar-refractivity contribution in [2.24, 2.45) is 0 Å². The summed E-state index contributed by atoms with van der Waals surface area (Å²) in [5, 5.41) is 10.8. The molecule has 0 saturated heterocycles. The third-order valence-corrected chi connectivity index (χ3v) is 2.49. The molecule has 0 aliphatic carbocycles. The Kier molecular flexibility index (Phi) is 4.37. The molecule has 0 heterocycles. The molecule has 0 saturated carbocycles. The lowest BCUT2D eigenvalue weighted by Crippen LogP contribution is -2.03. The summed E-state index contributed by atoms with van der Waals surface area (Å²) < 4.78 is 5.80. The van der Waals surface area contributed by atoms with Crippen LogP contribution in [0.5, 0.6) is 5.75 Å². The number of methoxy groups -OCH3 is 1. The van der Waals surface area contributed by atoms with Crippen molar-refractivity contribution in [3.8, 4) is 5.75 Å². The highest BCUT2D eigenvalue weighted by Gasteiger charge is 2.05. The lowest BCUT2D eigenvalue weighted by atomic mass is 10.1. The number of hydrogen-bond donors (Lipinski definition) is 2. The van der Waals surface area contributed by atoms with E-state index in [1.807, 2.05) is 24.3 Å². The second-order valence-corrected chi connectivity index (χ2v) is 3.74. The minimum atomic E-state index is 0.420. The molecule has 80 valence electrons. The van der Waals surface area contributed by atoms with Gasteiger partial charge in [-0.3, -0.25) is 5.41 Å². The first-order chi connectivity index (χ1) is 7.19. The molecule has 0 unspecified atom stereocenters. The second kappa shape index (κ2) is 5.56. The van der Waals surface area contributed by atoms with Crippen LogP contribution in [0, 0.1) is 5.41 Å². The van der Waals surface area contributed by atoms with E-state index in [9.17, 15) is 0 Å². The van der Waals surface area contributed by atoms with Crippen molar-refractivity contribution in [2.75, 3.05) is 14.2 Å². The largest absolute Gasteiger partial charge is 0.497 e. The third-order valence-electron chi connectivity index (χ3n) is 1.87. The number of hydrogen-bond acceptors (Lipinski definition) is 3. The Hall–Kier alpha value is -1.29. The van der Waals surface area contributed by atoms with E-state index in [-0.39, 0.29) is 0 Å².